The summed E-state index contributed by atoms with van der Waals surface area (Å²) in [4.78, 5) is 16.5. The Kier molecular flexibility index (Phi) is 3.55. The number of benzene rings is 1. The molecule has 1 saturated heterocycles. The van der Waals surface area contributed by atoms with E-state index in [0.717, 1.165) is 5.39 Å². The summed E-state index contributed by atoms with van der Waals surface area (Å²) < 4.78 is 13.4. The Hall–Kier alpha value is -2.08. The number of amides is 1. The van der Waals surface area contributed by atoms with Crippen LogP contribution >= 0.6 is 11.6 Å². The van der Waals surface area contributed by atoms with Gasteiger partial charge < -0.3 is 15.3 Å². The van der Waals surface area contributed by atoms with Crippen molar-refractivity contribution in [1.29, 1.82) is 0 Å². The lowest BCUT2D eigenvalue weighted by molar-refractivity contribution is 0.155. The molecule has 0 saturated carbocycles. The van der Waals surface area contributed by atoms with Crippen LogP contribution in [0.25, 0.3) is 10.8 Å². The van der Waals surface area contributed by atoms with Crippen LogP contribution in [-0.4, -0.2) is 40.2 Å². The molecular formula is C14H13ClFN3O2. The number of pyridine rings is 1. The second-order valence-corrected chi connectivity index (χ2v) is 5.40. The first-order valence-corrected chi connectivity index (χ1v) is 6.91. The second kappa shape index (κ2) is 5.37. The summed E-state index contributed by atoms with van der Waals surface area (Å²) in [5.41, 5.74) is 0. The molecule has 0 aliphatic carbocycles. The predicted molar refractivity (Wildman–Crippen MR) is 78.3 cm³/mol. The fourth-order valence-electron chi connectivity index (χ4n) is 2.54. The van der Waals surface area contributed by atoms with Crippen molar-refractivity contribution in [1.82, 2.24) is 9.88 Å². The summed E-state index contributed by atoms with van der Waals surface area (Å²) >= 11 is 5.98. The summed E-state index contributed by atoms with van der Waals surface area (Å²) in [5, 5.41) is 13.9. The average Bonchev–Trinajstić information content (AvgIpc) is 2.88. The highest BCUT2D eigenvalue weighted by Crippen LogP contribution is 2.27. The molecule has 1 aliphatic heterocycles. The molecule has 1 unspecified atom stereocenters. The predicted octanol–water partition coefficient (Wildman–Crippen LogP) is 3.19. The SMILES string of the molecule is O=C(O)N1CCC(Nc2nc(Cl)cc3ccc(F)cc23)C1. The van der Waals surface area contributed by atoms with Gasteiger partial charge in [-0.25, -0.2) is 14.2 Å². The standard InChI is InChI=1S/C14H13ClFN3O2/c15-12-5-8-1-2-9(16)6-11(8)13(18-12)17-10-3-4-19(7-10)14(20)21/h1-2,5-6,10H,3-4,7H2,(H,17,18)(H,20,21). The molecule has 1 aliphatic rings. The fraction of sp³-hybridized carbons (Fsp3) is 0.286. The summed E-state index contributed by atoms with van der Waals surface area (Å²) in [6.07, 6.45) is -0.258. The van der Waals surface area contributed by atoms with Crippen molar-refractivity contribution < 1.29 is 14.3 Å². The Morgan fingerprint density at radius 1 is 1.48 bits per heavy atom. The zero-order valence-electron chi connectivity index (χ0n) is 11.0. The number of aromatic nitrogens is 1. The monoisotopic (exact) mass is 309 g/mol. The first-order chi connectivity index (χ1) is 10.0. The number of nitrogens with zero attached hydrogens (tertiary/aromatic N) is 2. The third-order valence-electron chi connectivity index (χ3n) is 3.56. The lowest BCUT2D eigenvalue weighted by Crippen LogP contribution is -2.30. The van der Waals surface area contributed by atoms with Gasteiger partial charge in [-0.1, -0.05) is 17.7 Å². The molecule has 1 amide bonds. The van der Waals surface area contributed by atoms with E-state index in [4.69, 9.17) is 16.7 Å². The van der Waals surface area contributed by atoms with Crippen LogP contribution in [0, 0.1) is 5.82 Å². The Bertz CT molecular complexity index is 710. The smallest absolute Gasteiger partial charge is 0.407 e. The topological polar surface area (TPSA) is 65.5 Å². The van der Waals surface area contributed by atoms with Crippen LogP contribution in [0.2, 0.25) is 5.15 Å². The zero-order valence-corrected chi connectivity index (χ0v) is 11.8. The van der Waals surface area contributed by atoms with Crippen molar-refractivity contribution in [2.24, 2.45) is 0 Å². The molecule has 21 heavy (non-hydrogen) atoms. The van der Waals surface area contributed by atoms with Crippen molar-refractivity contribution in [2.75, 3.05) is 18.4 Å². The highest BCUT2D eigenvalue weighted by atomic mass is 35.5. The maximum Gasteiger partial charge on any atom is 0.407 e. The molecule has 1 fully saturated rings. The number of nitrogens with one attached hydrogen (secondary N) is 1. The van der Waals surface area contributed by atoms with Crippen LogP contribution in [0.1, 0.15) is 6.42 Å². The van der Waals surface area contributed by atoms with E-state index < -0.39 is 6.09 Å². The summed E-state index contributed by atoms with van der Waals surface area (Å²) in [6, 6.07) is 6.01. The van der Waals surface area contributed by atoms with Gasteiger partial charge >= 0.3 is 6.09 Å². The van der Waals surface area contributed by atoms with Crippen molar-refractivity contribution in [3.05, 3.63) is 35.2 Å². The van der Waals surface area contributed by atoms with Gasteiger partial charge in [0.25, 0.3) is 0 Å². The van der Waals surface area contributed by atoms with Crippen LogP contribution in [0.15, 0.2) is 24.3 Å². The Balaban J connectivity index is 1.90. The number of rotatable bonds is 2. The highest BCUT2D eigenvalue weighted by molar-refractivity contribution is 6.30. The van der Waals surface area contributed by atoms with E-state index in [9.17, 15) is 9.18 Å². The van der Waals surface area contributed by atoms with Gasteiger partial charge in [0.2, 0.25) is 0 Å². The summed E-state index contributed by atoms with van der Waals surface area (Å²) in [5.74, 6) is 0.127. The Labute approximate surface area is 125 Å². The van der Waals surface area contributed by atoms with Crippen LogP contribution < -0.4 is 5.32 Å². The van der Waals surface area contributed by atoms with Gasteiger partial charge in [-0.2, -0.15) is 0 Å². The van der Waals surface area contributed by atoms with Gasteiger partial charge in [-0.15, -0.1) is 0 Å². The van der Waals surface area contributed by atoms with Gasteiger partial charge in [-0.3, -0.25) is 0 Å². The molecule has 110 valence electrons. The fourth-order valence-corrected chi connectivity index (χ4v) is 2.74. The number of fused-ring (bicyclic) bond motifs is 1. The molecule has 0 radical (unpaired) electrons. The molecule has 0 spiro atoms. The highest BCUT2D eigenvalue weighted by Gasteiger charge is 2.26. The van der Waals surface area contributed by atoms with E-state index >= 15 is 0 Å². The van der Waals surface area contributed by atoms with Crippen molar-refractivity contribution in [3.63, 3.8) is 0 Å². The molecule has 0 bridgehead atoms. The maximum atomic E-state index is 13.4. The first kappa shape index (κ1) is 13.9. The maximum absolute atomic E-state index is 13.4. The van der Waals surface area contributed by atoms with Gasteiger partial charge in [0, 0.05) is 24.5 Å². The Morgan fingerprint density at radius 3 is 3.00 bits per heavy atom. The second-order valence-electron chi connectivity index (χ2n) is 5.02. The van der Waals surface area contributed by atoms with Crippen molar-refractivity contribution in [3.8, 4) is 0 Å². The van der Waals surface area contributed by atoms with Crippen molar-refractivity contribution in [2.45, 2.75) is 12.5 Å². The quantitative estimate of drug-likeness (QED) is 0.836. The van der Waals surface area contributed by atoms with Crippen LogP contribution in [0.4, 0.5) is 15.0 Å². The Morgan fingerprint density at radius 2 is 2.29 bits per heavy atom. The number of carbonyl (C=O) groups is 1. The van der Waals surface area contributed by atoms with Crippen LogP contribution in [0.3, 0.4) is 0 Å². The first-order valence-electron chi connectivity index (χ1n) is 6.53. The largest absolute Gasteiger partial charge is 0.465 e. The molecule has 3 rings (SSSR count). The van der Waals surface area contributed by atoms with Gasteiger partial charge in [-0.05, 0) is 30.0 Å². The minimum atomic E-state index is -0.936. The normalized spacial score (nSPS) is 18.2. The number of carboxylic acid groups (broad SMARTS) is 1. The number of likely N-dealkylation sites (tertiary alicyclic amines) is 1. The van der Waals surface area contributed by atoms with E-state index in [-0.39, 0.29) is 11.9 Å². The molecule has 1 aromatic heterocycles. The van der Waals surface area contributed by atoms with Crippen molar-refractivity contribution >= 4 is 34.3 Å². The average molecular weight is 310 g/mol. The third-order valence-corrected chi connectivity index (χ3v) is 3.76. The molecule has 2 heterocycles. The minimum absolute atomic E-state index is 0.0569. The molecule has 2 aromatic rings. The minimum Gasteiger partial charge on any atom is -0.465 e. The molecule has 2 N–H and O–H groups in total. The number of hydrogen-bond acceptors (Lipinski definition) is 3. The zero-order chi connectivity index (χ0) is 15.0. The molecule has 1 aromatic carbocycles. The van der Waals surface area contributed by atoms with E-state index in [2.05, 4.69) is 10.3 Å². The number of halogens is 2. The van der Waals surface area contributed by atoms with E-state index in [0.29, 0.717) is 35.9 Å². The number of anilines is 1. The number of hydrogen-bond donors (Lipinski definition) is 2. The molecule has 1 atom stereocenters. The molecular weight excluding hydrogens is 297 g/mol. The lowest BCUT2D eigenvalue weighted by Gasteiger charge is -2.16. The van der Waals surface area contributed by atoms with Gasteiger partial charge in [0.15, 0.2) is 0 Å². The third kappa shape index (κ3) is 2.85. The van der Waals surface area contributed by atoms with E-state index in [1.165, 1.54) is 17.0 Å². The van der Waals surface area contributed by atoms with E-state index in [1.54, 1.807) is 12.1 Å². The lowest BCUT2D eigenvalue weighted by atomic mass is 10.1. The van der Waals surface area contributed by atoms with Gasteiger partial charge in [0.1, 0.15) is 16.8 Å². The molecule has 7 heteroatoms. The van der Waals surface area contributed by atoms with E-state index in [1.807, 2.05) is 0 Å². The van der Waals surface area contributed by atoms with Gasteiger partial charge in [0.05, 0.1) is 0 Å². The summed E-state index contributed by atoms with van der Waals surface area (Å²) in [6.45, 7) is 0.847. The summed E-state index contributed by atoms with van der Waals surface area (Å²) in [7, 11) is 0. The van der Waals surface area contributed by atoms with Crippen LogP contribution in [0.5, 0.6) is 0 Å². The van der Waals surface area contributed by atoms with Crippen LogP contribution in [-0.2, 0) is 0 Å². The molecule has 5 nitrogen and oxygen atoms in total.